The lowest BCUT2D eigenvalue weighted by Crippen LogP contribution is -2.41. The van der Waals surface area contributed by atoms with Crippen LogP contribution in [0, 0.1) is 5.92 Å². The van der Waals surface area contributed by atoms with Crippen LogP contribution in [0.15, 0.2) is 29.2 Å². The highest BCUT2D eigenvalue weighted by molar-refractivity contribution is 7.89. The summed E-state index contributed by atoms with van der Waals surface area (Å²) in [5.74, 6) is 0.424. The van der Waals surface area contributed by atoms with Gasteiger partial charge in [0.25, 0.3) is 0 Å². The second-order valence-corrected chi connectivity index (χ2v) is 8.21. The average molecular weight is 354 g/mol. The fraction of sp³-hybridized carbons (Fsp3) is 0.562. The molecule has 0 bridgehead atoms. The van der Waals surface area contributed by atoms with Crippen molar-refractivity contribution in [3.63, 3.8) is 0 Å². The summed E-state index contributed by atoms with van der Waals surface area (Å²) in [6.45, 7) is 4.67. The summed E-state index contributed by atoms with van der Waals surface area (Å²) in [6, 6.07) is 5.72. The van der Waals surface area contributed by atoms with Gasteiger partial charge in [0, 0.05) is 18.8 Å². The van der Waals surface area contributed by atoms with Crippen molar-refractivity contribution in [2.45, 2.75) is 24.3 Å². The summed E-state index contributed by atoms with van der Waals surface area (Å²) < 4.78 is 22.8. The van der Waals surface area contributed by atoms with Crippen molar-refractivity contribution in [3.8, 4) is 0 Å². The standard InChI is InChI=1S/C16H26N4O3S/c1-12(20-8-7-13(11-20)10-19(2)3)16(21)18-14-5-4-6-15(9-14)24(17,22)23/h4-6,9,12-13H,7-8,10-11H2,1-3H3,(H,18,21)(H2,17,22,23)/t12-,13-/m0/s1. The van der Waals surface area contributed by atoms with Crippen molar-refractivity contribution < 1.29 is 13.2 Å². The van der Waals surface area contributed by atoms with Gasteiger partial charge in [0.2, 0.25) is 15.9 Å². The van der Waals surface area contributed by atoms with E-state index in [4.69, 9.17) is 5.14 Å². The van der Waals surface area contributed by atoms with Crippen molar-refractivity contribution in [1.82, 2.24) is 9.80 Å². The summed E-state index contributed by atoms with van der Waals surface area (Å²) in [6.07, 6.45) is 1.08. The van der Waals surface area contributed by atoms with Crippen LogP contribution in [0.1, 0.15) is 13.3 Å². The molecule has 1 saturated heterocycles. The summed E-state index contributed by atoms with van der Waals surface area (Å²) in [5, 5.41) is 7.89. The number of likely N-dealkylation sites (tertiary alicyclic amines) is 1. The lowest BCUT2D eigenvalue weighted by atomic mass is 10.1. The number of amides is 1. The Hall–Kier alpha value is -1.48. The van der Waals surface area contributed by atoms with E-state index in [1.807, 2.05) is 6.92 Å². The van der Waals surface area contributed by atoms with Crippen LogP contribution in [0.25, 0.3) is 0 Å². The highest BCUT2D eigenvalue weighted by Crippen LogP contribution is 2.20. The minimum atomic E-state index is -3.78. The fourth-order valence-corrected chi connectivity index (χ4v) is 3.60. The lowest BCUT2D eigenvalue weighted by molar-refractivity contribution is -0.120. The number of carbonyl (C=O) groups is 1. The van der Waals surface area contributed by atoms with Gasteiger partial charge in [-0.25, -0.2) is 13.6 Å². The van der Waals surface area contributed by atoms with Gasteiger partial charge < -0.3 is 10.2 Å². The molecule has 1 heterocycles. The van der Waals surface area contributed by atoms with E-state index in [0.717, 1.165) is 26.1 Å². The molecule has 2 atom stereocenters. The molecule has 1 aliphatic rings. The molecule has 8 heteroatoms. The molecular formula is C16H26N4O3S. The summed E-state index contributed by atoms with van der Waals surface area (Å²) in [5.41, 5.74) is 0.433. The van der Waals surface area contributed by atoms with Crippen LogP contribution in [-0.4, -0.2) is 63.9 Å². The Morgan fingerprint density at radius 3 is 2.79 bits per heavy atom. The van der Waals surface area contributed by atoms with Crippen molar-refractivity contribution in [2.24, 2.45) is 11.1 Å². The van der Waals surface area contributed by atoms with E-state index < -0.39 is 10.0 Å². The Labute approximate surface area is 143 Å². The Balaban J connectivity index is 1.98. The molecule has 2 rings (SSSR count). The predicted octanol–water partition coefficient (Wildman–Crippen LogP) is 0.545. The molecule has 0 spiro atoms. The fourth-order valence-electron chi connectivity index (χ4n) is 3.04. The average Bonchev–Trinajstić information content (AvgIpc) is 2.93. The van der Waals surface area contributed by atoms with Gasteiger partial charge in [-0.15, -0.1) is 0 Å². The third-order valence-electron chi connectivity index (χ3n) is 4.30. The number of benzene rings is 1. The molecule has 0 radical (unpaired) electrons. The number of nitrogens with one attached hydrogen (secondary N) is 1. The molecule has 134 valence electrons. The number of rotatable bonds is 6. The molecular weight excluding hydrogens is 328 g/mol. The zero-order chi connectivity index (χ0) is 17.9. The van der Waals surface area contributed by atoms with E-state index in [-0.39, 0.29) is 16.8 Å². The monoisotopic (exact) mass is 354 g/mol. The third kappa shape index (κ3) is 5.01. The number of carbonyl (C=O) groups excluding carboxylic acids is 1. The van der Waals surface area contributed by atoms with E-state index in [2.05, 4.69) is 29.2 Å². The zero-order valence-corrected chi connectivity index (χ0v) is 15.2. The molecule has 1 amide bonds. The van der Waals surface area contributed by atoms with E-state index >= 15 is 0 Å². The van der Waals surface area contributed by atoms with Crippen LogP contribution in [0.5, 0.6) is 0 Å². The van der Waals surface area contributed by atoms with Gasteiger partial charge in [0.15, 0.2) is 0 Å². The predicted molar refractivity (Wildman–Crippen MR) is 94.1 cm³/mol. The van der Waals surface area contributed by atoms with Gasteiger partial charge in [-0.3, -0.25) is 9.69 Å². The molecule has 0 saturated carbocycles. The second-order valence-electron chi connectivity index (χ2n) is 6.65. The number of nitrogens with two attached hydrogens (primary N) is 1. The normalized spacial score (nSPS) is 20.3. The van der Waals surface area contributed by atoms with E-state index in [1.165, 1.54) is 12.1 Å². The minimum absolute atomic E-state index is 0.0137. The quantitative estimate of drug-likeness (QED) is 0.777. The molecule has 7 nitrogen and oxygen atoms in total. The van der Waals surface area contributed by atoms with Crippen LogP contribution in [-0.2, 0) is 14.8 Å². The number of hydrogen-bond acceptors (Lipinski definition) is 5. The first-order chi connectivity index (χ1) is 11.2. The first-order valence-electron chi connectivity index (χ1n) is 7.99. The van der Waals surface area contributed by atoms with Crippen LogP contribution < -0.4 is 10.5 Å². The highest BCUT2D eigenvalue weighted by Gasteiger charge is 2.29. The van der Waals surface area contributed by atoms with Gasteiger partial charge in [-0.2, -0.15) is 0 Å². The highest BCUT2D eigenvalue weighted by atomic mass is 32.2. The van der Waals surface area contributed by atoms with E-state index in [0.29, 0.717) is 11.6 Å². The molecule has 24 heavy (non-hydrogen) atoms. The Morgan fingerprint density at radius 2 is 2.17 bits per heavy atom. The van der Waals surface area contributed by atoms with Crippen molar-refractivity contribution in [2.75, 3.05) is 39.0 Å². The molecule has 0 aliphatic carbocycles. The second kappa shape index (κ2) is 7.60. The maximum atomic E-state index is 12.4. The molecule has 3 N–H and O–H groups in total. The first-order valence-corrected chi connectivity index (χ1v) is 9.54. The number of sulfonamides is 1. The maximum Gasteiger partial charge on any atom is 0.241 e. The van der Waals surface area contributed by atoms with Crippen molar-refractivity contribution >= 4 is 21.6 Å². The number of hydrogen-bond donors (Lipinski definition) is 2. The molecule has 1 aliphatic heterocycles. The minimum Gasteiger partial charge on any atom is -0.325 e. The maximum absolute atomic E-state index is 12.4. The summed E-state index contributed by atoms with van der Waals surface area (Å²) in [4.78, 5) is 16.8. The third-order valence-corrected chi connectivity index (χ3v) is 5.21. The summed E-state index contributed by atoms with van der Waals surface area (Å²) in [7, 11) is 0.323. The van der Waals surface area contributed by atoms with Gasteiger partial charge in [-0.05, 0) is 58.1 Å². The molecule has 1 fully saturated rings. The SMILES string of the molecule is C[C@@H](C(=O)Nc1cccc(S(N)(=O)=O)c1)N1CC[C@@H](CN(C)C)C1. The van der Waals surface area contributed by atoms with Crippen LogP contribution in [0.2, 0.25) is 0 Å². The molecule has 1 aromatic carbocycles. The van der Waals surface area contributed by atoms with E-state index in [1.54, 1.807) is 12.1 Å². The van der Waals surface area contributed by atoms with Crippen molar-refractivity contribution in [1.29, 1.82) is 0 Å². The number of anilines is 1. The number of nitrogens with zero attached hydrogens (tertiary/aromatic N) is 2. The van der Waals surface area contributed by atoms with Gasteiger partial charge in [0.1, 0.15) is 0 Å². The van der Waals surface area contributed by atoms with Gasteiger partial charge in [0.05, 0.1) is 10.9 Å². The number of primary sulfonamides is 1. The Morgan fingerprint density at radius 1 is 1.46 bits per heavy atom. The van der Waals surface area contributed by atoms with Crippen LogP contribution in [0.4, 0.5) is 5.69 Å². The Kier molecular flexibility index (Phi) is 5.97. The van der Waals surface area contributed by atoms with Crippen LogP contribution in [0.3, 0.4) is 0 Å². The summed E-state index contributed by atoms with van der Waals surface area (Å²) >= 11 is 0. The van der Waals surface area contributed by atoms with Gasteiger partial charge in [-0.1, -0.05) is 6.07 Å². The molecule has 1 aromatic rings. The largest absolute Gasteiger partial charge is 0.325 e. The van der Waals surface area contributed by atoms with Crippen LogP contribution >= 0.6 is 0 Å². The first kappa shape index (κ1) is 18.9. The smallest absolute Gasteiger partial charge is 0.241 e. The van der Waals surface area contributed by atoms with Gasteiger partial charge >= 0.3 is 0 Å². The van der Waals surface area contributed by atoms with Crippen molar-refractivity contribution in [3.05, 3.63) is 24.3 Å². The molecule has 0 unspecified atom stereocenters. The Bertz CT molecular complexity index is 690. The topological polar surface area (TPSA) is 95.7 Å². The van der Waals surface area contributed by atoms with E-state index in [9.17, 15) is 13.2 Å². The zero-order valence-electron chi connectivity index (χ0n) is 14.4. The molecule has 0 aromatic heterocycles. The lowest BCUT2D eigenvalue weighted by Gasteiger charge is -2.24.